The summed E-state index contributed by atoms with van der Waals surface area (Å²) < 4.78 is 25.4. The second-order valence-corrected chi connectivity index (χ2v) is 5.44. The van der Waals surface area contributed by atoms with Crippen molar-refractivity contribution in [1.29, 1.82) is 0 Å². The lowest BCUT2D eigenvalue weighted by Gasteiger charge is -2.27. The predicted octanol–water partition coefficient (Wildman–Crippen LogP) is 1.25. The van der Waals surface area contributed by atoms with Gasteiger partial charge in [-0.2, -0.15) is 0 Å². The van der Waals surface area contributed by atoms with Gasteiger partial charge in [-0.05, 0) is 25.9 Å². The third-order valence-electron chi connectivity index (χ3n) is 4.09. The number of hydrogen-bond acceptors (Lipinski definition) is 5. The molecule has 0 amide bonds. The van der Waals surface area contributed by atoms with E-state index in [1.54, 1.807) is 0 Å². The van der Waals surface area contributed by atoms with Crippen LogP contribution in [0.1, 0.15) is 18.0 Å². The van der Waals surface area contributed by atoms with E-state index in [0.717, 1.165) is 13.0 Å². The quantitative estimate of drug-likeness (QED) is 0.854. The van der Waals surface area contributed by atoms with Crippen LogP contribution in [0.2, 0.25) is 0 Å². The van der Waals surface area contributed by atoms with Crippen molar-refractivity contribution < 1.29 is 19.0 Å². The highest BCUT2D eigenvalue weighted by Crippen LogP contribution is 2.47. The van der Waals surface area contributed by atoms with Crippen molar-refractivity contribution in [2.75, 3.05) is 33.4 Å². The van der Waals surface area contributed by atoms with Crippen LogP contribution >= 0.6 is 0 Å². The fraction of sp³-hybridized carbons (Fsp3) is 0.571. The SMILES string of the molecule is CN1CC(CN)CC1c1c(F)c(O)cc2c1OCCO2. The highest BCUT2D eigenvalue weighted by molar-refractivity contribution is 5.54. The molecule has 0 radical (unpaired) electrons. The number of phenolic OH excluding ortho intramolecular Hbond substituents is 1. The summed E-state index contributed by atoms with van der Waals surface area (Å²) in [5, 5.41) is 9.77. The van der Waals surface area contributed by atoms with Crippen LogP contribution in [-0.2, 0) is 0 Å². The average molecular weight is 282 g/mol. The smallest absolute Gasteiger partial charge is 0.173 e. The largest absolute Gasteiger partial charge is 0.505 e. The Labute approximate surface area is 117 Å². The summed E-state index contributed by atoms with van der Waals surface area (Å²) in [6.45, 7) is 2.18. The number of halogens is 1. The van der Waals surface area contributed by atoms with E-state index in [1.165, 1.54) is 6.07 Å². The van der Waals surface area contributed by atoms with Crippen molar-refractivity contribution in [2.45, 2.75) is 12.5 Å². The van der Waals surface area contributed by atoms with Gasteiger partial charge in [-0.15, -0.1) is 0 Å². The van der Waals surface area contributed by atoms with Crippen LogP contribution in [0.25, 0.3) is 0 Å². The Bertz CT molecular complexity index is 524. The fourth-order valence-corrected chi connectivity index (χ4v) is 3.09. The first-order valence-corrected chi connectivity index (χ1v) is 6.83. The molecule has 2 atom stereocenters. The lowest BCUT2D eigenvalue weighted by atomic mass is 9.97. The summed E-state index contributed by atoms with van der Waals surface area (Å²) in [5.41, 5.74) is 6.10. The molecule has 0 aliphatic carbocycles. The van der Waals surface area contributed by atoms with Gasteiger partial charge in [0.15, 0.2) is 23.1 Å². The molecule has 3 N–H and O–H groups in total. The van der Waals surface area contributed by atoms with E-state index in [0.29, 0.717) is 42.7 Å². The molecule has 110 valence electrons. The van der Waals surface area contributed by atoms with Crippen LogP contribution in [-0.4, -0.2) is 43.4 Å². The third kappa shape index (κ3) is 2.09. The number of nitrogens with zero attached hydrogens (tertiary/aromatic N) is 1. The van der Waals surface area contributed by atoms with Crippen molar-refractivity contribution in [2.24, 2.45) is 11.7 Å². The monoisotopic (exact) mass is 282 g/mol. The summed E-state index contributed by atoms with van der Waals surface area (Å²) in [4.78, 5) is 2.05. The van der Waals surface area contributed by atoms with Crippen LogP contribution in [0.5, 0.6) is 17.2 Å². The van der Waals surface area contributed by atoms with Gasteiger partial charge in [0, 0.05) is 18.7 Å². The molecule has 0 aromatic heterocycles. The lowest BCUT2D eigenvalue weighted by Crippen LogP contribution is -2.23. The molecule has 1 aromatic carbocycles. The minimum Gasteiger partial charge on any atom is -0.505 e. The number of ether oxygens (including phenoxy) is 2. The minimum absolute atomic E-state index is 0.147. The normalized spacial score (nSPS) is 25.9. The van der Waals surface area contributed by atoms with E-state index in [9.17, 15) is 9.50 Å². The number of phenols is 1. The molecule has 5 nitrogen and oxygen atoms in total. The second kappa shape index (κ2) is 5.10. The van der Waals surface area contributed by atoms with E-state index in [-0.39, 0.29) is 6.04 Å². The third-order valence-corrected chi connectivity index (χ3v) is 4.09. The van der Waals surface area contributed by atoms with Gasteiger partial charge in [-0.3, -0.25) is 4.90 Å². The van der Waals surface area contributed by atoms with Crippen molar-refractivity contribution in [3.05, 3.63) is 17.4 Å². The zero-order chi connectivity index (χ0) is 14.3. The van der Waals surface area contributed by atoms with E-state index in [2.05, 4.69) is 0 Å². The number of rotatable bonds is 2. The maximum Gasteiger partial charge on any atom is 0.173 e. The Morgan fingerprint density at radius 2 is 2.20 bits per heavy atom. The minimum atomic E-state index is -0.622. The van der Waals surface area contributed by atoms with Crippen LogP contribution in [0.4, 0.5) is 4.39 Å². The van der Waals surface area contributed by atoms with Gasteiger partial charge < -0.3 is 20.3 Å². The lowest BCUT2D eigenvalue weighted by molar-refractivity contribution is 0.163. The van der Waals surface area contributed by atoms with Gasteiger partial charge in [0.2, 0.25) is 0 Å². The molecule has 20 heavy (non-hydrogen) atoms. The number of hydrogen-bond donors (Lipinski definition) is 2. The van der Waals surface area contributed by atoms with Gasteiger partial charge in [0.1, 0.15) is 13.2 Å². The molecule has 3 rings (SSSR count). The Hall–Kier alpha value is -1.53. The molecular formula is C14H19FN2O3. The summed E-state index contributed by atoms with van der Waals surface area (Å²) in [6, 6.07) is 1.13. The summed E-state index contributed by atoms with van der Waals surface area (Å²) >= 11 is 0. The standard InChI is InChI=1S/C14H19FN2O3/c1-17-7-8(6-16)4-9(17)12-13(15)10(18)5-11-14(12)20-3-2-19-11/h5,8-9,18H,2-4,6-7,16H2,1H3. The highest BCUT2D eigenvalue weighted by atomic mass is 19.1. The van der Waals surface area contributed by atoms with Gasteiger partial charge in [-0.25, -0.2) is 4.39 Å². The number of benzene rings is 1. The molecule has 6 heteroatoms. The van der Waals surface area contributed by atoms with Crippen LogP contribution in [0.3, 0.4) is 0 Å². The molecule has 0 spiro atoms. The molecular weight excluding hydrogens is 263 g/mol. The summed E-state index contributed by atoms with van der Waals surface area (Å²) in [5.74, 6) is 0.139. The van der Waals surface area contributed by atoms with Gasteiger partial charge in [0.05, 0.1) is 5.56 Å². The zero-order valence-electron chi connectivity index (χ0n) is 11.4. The highest BCUT2D eigenvalue weighted by Gasteiger charge is 2.36. The van der Waals surface area contributed by atoms with Crippen LogP contribution in [0, 0.1) is 11.7 Å². The molecule has 2 aliphatic rings. The Morgan fingerprint density at radius 3 is 2.90 bits per heavy atom. The number of likely N-dealkylation sites (tertiary alicyclic amines) is 1. The van der Waals surface area contributed by atoms with Crippen LogP contribution in [0.15, 0.2) is 6.07 Å². The van der Waals surface area contributed by atoms with E-state index in [1.807, 2.05) is 11.9 Å². The summed E-state index contributed by atoms with van der Waals surface area (Å²) in [7, 11) is 1.93. The van der Waals surface area contributed by atoms with E-state index >= 15 is 0 Å². The molecule has 0 saturated carbocycles. The summed E-state index contributed by atoms with van der Waals surface area (Å²) in [6.07, 6.45) is 0.753. The maximum absolute atomic E-state index is 14.4. The molecule has 2 unspecified atom stereocenters. The van der Waals surface area contributed by atoms with E-state index in [4.69, 9.17) is 15.2 Å². The Balaban J connectivity index is 2.06. The van der Waals surface area contributed by atoms with Crippen LogP contribution < -0.4 is 15.2 Å². The fourth-order valence-electron chi connectivity index (χ4n) is 3.09. The molecule has 2 aliphatic heterocycles. The topological polar surface area (TPSA) is 68.0 Å². The number of nitrogens with two attached hydrogens (primary N) is 1. The van der Waals surface area contributed by atoms with Crippen molar-refractivity contribution in [3.8, 4) is 17.2 Å². The van der Waals surface area contributed by atoms with Crippen molar-refractivity contribution in [3.63, 3.8) is 0 Å². The van der Waals surface area contributed by atoms with Gasteiger partial charge >= 0.3 is 0 Å². The molecule has 2 heterocycles. The van der Waals surface area contributed by atoms with Gasteiger partial charge in [-0.1, -0.05) is 0 Å². The molecule has 1 saturated heterocycles. The predicted molar refractivity (Wildman–Crippen MR) is 71.6 cm³/mol. The average Bonchev–Trinajstić information content (AvgIpc) is 2.81. The Morgan fingerprint density at radius 1 is 1.45 bits per heavy atom. The van der Waals surface area contributed by atoms with Gasteiger partial charge in [0.25, 0.3) is 0 Å². The first-order valence-electron chi connectivity index (χ1n) is 6.83. The van der Waals surface area contributed by atoms with Crippen molar-refractivity contribution >= 4 is 0 Å². The van der Waals surface area contributed by atoms with Crippen molar-refractivity contribution in [1.82, 2.24) is 4.90 Å². The first kappa shape index (κ1) is 13.5. The number of aromatic hydroxyl groups is 1. The molecule has 0 bridgehead atoms. The van der Waals surface area contributed by atoms with E-state index < -0.39 is 11.6 Å². The molecule has 1 fully saturated rings. The molecule has 1 aromatic rings. The first-order chi connectivity index (χ1) is 9.61. The second-order valence-electron chi connectivity index (χ2n) is 5.44. The zero-order valence-corrected chi connectivity index (χ0v) is 11.4. The maximum atomic E-state index is 14.4. The Kier molecular flexibility index (Phi) is 3.43. The number of fused-ring (bicyclic) bond motifs is 1.